The van der Waals surface area contributed by atoms with Crippen molar-refractivity contribution >= 4 is 11.3 Å². The molecule has 3 nitrogen and oxygen atoms in total. The van der Waals surface area contributed by atoms with Crippen molar-refractivity contribution in [3.05, 3.63) is 50.1 Å². The normalized spacial score (nSPS) is 14.0. The van der Waals surface area contributed by atoms with Gasteiger partial charge >= 0.3 is 4.87 Å². The number of aromatic nitrogens is 1. The number of thiazole rings is 1. The van der Waals surface area contributed by atoms with E-state index in [2.05, 4.69) is 13.0 Å². The molecule has 3 rings (SSSR count). The van der Waals surface area contributed by atoms with Crippen LogP contribution in [0.4, 0.5) is 0 Å². The average Bonchev–Trinajstić information content (AvgIpc) is 2.81. The van der Waals surface area contributed by atoms with Gasteiger partial charge in [0.2, 0.25) is 0 Å². The number of hydrogen-bond acceptors (Lipinski definition) is 3. The highest BCUT2D eigenvalue weighted by Crippen LogP contribution is 2.23. The zero-order valence-corrected chi connectivity index (χ0v) is 13.2. The fourth-order valence-electron chi connectivity index (χ4n) is 2.88. The van der Waals surface area contributed by atoms with Gasteiger partial charge < -0.3 is 9.30 Å². The van der Waals surface area contributed by atoms with E-state index in [-0.39, 0.29) is 4.87 Å². The second kappa shape index (κ2) is 6.48. The van der Waals surface area contributed by atoms with E-state index in [1.165, 1.54) is 34.7 Å². The van der Waals surface area contributed by atoms with Crippen molar-refractivity contribution in [2.75, 3.05) is 6.61 Å². The fourth-order valence-corrected chi connectivity index (χ4v) is 3.98. The molecule has 0 N–H and O–H groups in total. The molecule has 0 amide bonds. The Labute approximate surface area is 129 Å². The highest BCUT2D eigenvalue weighted by molar-refractivity contribution is 7.09. The van der Waals surface area contributed by atoms with Crippen molar-refractivity contribution < 1.29 is 4.74 Å². The quantitative estimate of drug-likeness (QED) is 0.791. The van der Waals surface area contributed by atoms with Crippen LogP contribution in [0.2, 0.25) is 0 Å². The summed E-state index contributed by atoms with van der Waals surface area (Å²) in [6.45, 7) is 3.48. The lowest BCUT2D eigenvalue weighted by molar-refractivity contribution is 0.298. The maximum atomic E-state index is 12.1. The molecule has 0 saturated carbocycles. The molecule has 0 fully saturated rings. The zero-order valence-electron chi connectivity index (χ0n) is 12.4. The molecule has 1 aromatic carbocycles. The molecule has 1 heterocycles. The molecule has 1 aromatic heterocycles. The Morgan fingerprint density at radius 3 is 2.90 bits per heavy atom. The van der Waals surface area contributed by atoms with Crippen LogP contribution in [0, 0.1) is 6.92 Å². The van der Waals surface area contributed by atoms with E-state index < -0.39 is 0 Å². The number of ether oxygens (including phenoxy) is 1. The minimum Gasteiger partial charge on any atom is -0.493 e. The zero-order chi connectivity index (χ0) is 14.7. The number of para-hydroxylation sites is 1. The molecule has 0 saturated heterocycles. The van der Waals surface area contributed by atoms with Gasteiger partial charge in [0.15, 0.2) is 0 Å². The first-order valence-electron chi connectivity index (χ1n) is 7.65. The molecule has 1 aliphatic carbocycles. The number of aryl methyl sites for hydroxylation is 2. The van der Waals surface area contributed by atoms with Crippen LogP contribution < -0.4 is 9.61 Å². The molecular weight excluding hydrogens is 282 g/mol. The summed E-state index contributed by atoms with van der Waals surface area (Å²) in [6.07, 6.45) is 5.46. The van der Waals surface area contributed by atoms with E-state index >= 15 is 0 Å². The largest absolute Gasteiger partial charge is 0.493 e. The Kier molecular flexibility index (Phi) is 4.44. The van der Waals surface area contributed by atoms with Gasteiger partial charge in [0.1, 0.15) is 5.75 Å². The summed E-state index contributed by atoms with van der Waals surface area (Å²) >= 11 is 1.44. The molecule has 0 atom stereocenters. The predicted octanol–water partition coefficient (Wildman–Crippen LogP) is 3.57. The molecule has 0 aliphatic heterocycles. The van der Waals surface area contributed by atoms with Crippen molar-refractivity contribution in [2.45, 2.75) is 45.6 Å². The molecule has 21 heavy (non-hydrogen) atoms. The standard InChI is InChI=1S/C17H21NO2S/c1-13-7-2-4-9-15(13)20-12-6-11-18-14-8-3-5-10-16(14)21-17(18)19/h2,4,7,9H,3,5-6,8,10-12H2,1H3. The summed E-state index contributed by atoms with van der Waals surface area (Å²) in [5.41, 5.74) is 2.44. The minimum absolute atomic E-state index is 0.206. The van der Waals surface area contributed by atoms with Gasteiger partial charge in [-0.1, -0.05) is 29.5 Å². The smallest absolute Gasteiger partial charge is 0.307 e. The lowest BCUT2D eigenvalue weighted by Gasteiger charge is -2.14. The Morgan fingerprint density at radius 1 is 1.24 bits per heavy atom. The molecule has 0 radical (unpaired) electrons. The van der Waals surface area contributed by atoms with Gasteiger partial charge in [-0.15, -0.1) is 0 Å². The van der Waals surface area contributed by atoms with Crippen LogP contribution >= 0.6 is 11.3 Å². The van der Waals surface area contributed by atoms with E-state index in [0.29, 0.717) is 6.61 Å². The van der Waals surface area contributed by atoms with E-state index in [9.17, 15) is 4.79 Å². The average molecular weight is 303 g/mol. The molecule has 0 unspecified atom stereocenters. The first-order chi connectivity index (χ1) is 10.3. The van der Waals surface area contributed by atoms with Crippen LogP contribution in [-0.4, -0.2) is 11.2 Å². The van der Waals surface area contributed by atoms with Crippen molar-refractivity contribution in [1.82, 2.24) is 4.57 Å². The number of benzene rings is 1. The topological polar surface area (TPSA) is 31.2 Å². The SMILES string of the molecule is Cc1ccccc1OCCCn1c2c(sc1=O)CCCC2. The van der Waals surface area contributed by atoms with E-state index in [1.807, 2.05) is 22.8 Å². The summed E-state index contributed by atoms with van der Waals surface area (Å²) in [5.74, 6) is 0.942. The molecule has 1 aliphatic rings. The highest BCUT2D eigenvalue weighted by Gasteiger charge is 2.17. The van der Waals surface area contributed by atoms with E-state index in [0.717, 1.165) is 37.1 Å². The third-order valence-corrected chi connectivity index (χ3v) is 5.10. The molecule has 112 valence electrons. The summed E-state index contributed by atoms with van der Waals surface area (Å²) in [4.78, 5) is 13.6. The monoisotopic (exact) mass is 303 g/mol. The van der Waals surface area contributed by atoms with Crippen molar-refractivity contribution in [3.63, 3.8) is 0 Å². The molecule has 0 spiro atoms. The molecular formula is C17H21NO2S. The van der Waals surface area contributed by atoms with Gasteiger partial charge in [-0.25, -0.2) is 0 Å². The summed E-state index contributed by atoms with van der Waals surface area (Å²) in [6, 6.07) is 8.05. The maximum absolute atomic E-state index is 12.1. The predicted molar refractivity (Wildman–Crippen MR) is 86.5 cm³/mol. The first-order valence-corrected chi connectivity index (χ1v) is 8.47. The van der Waals surface area contributed by atoms with Gasteiger partial charge in [-0.2, -0.15) is 0 Å². The summed E-state index contributed by atoms with van der Waals surface area (Å²) < 4.78 is 7.78. The molecule has 2 aromatic rings. The molecule has 4 heteroatoms. The highest BCUT2D eigenvalue weighted by atomic mass is 32.1. The van der Waals surface area contributed by atoms with Crippen LogP contribution in [0.3, 0.4) is 0 Å². The van der Waals surface area contributed by atoms with Crippen LogP contribution in [0.15, 0.2) is 29.1 Å². The van der Waals surface area contributed by atoms with Crippen LogP contribution in [0.5, 0.6) is 5.75 Å². The van der Waals surface area contributed by atoms with Crippen LogP contribution in [0.1, 0.15) is 35.4 Å². The van der Waals surface area contributed by atoms with Crippen LogP contribution in [0.25, 0.3) is 0 Å². The Morgan fingerprint density at radius 2 is 2.05 bits per heavy atom. The molecule has 0 bridgehead atoms. The first kappa shape index (κ1) is 14.4. The summed E-state index contributed by atoms with van der Waals surface area (Å²) in [7, 11) is 0. The van der Waals surface area contributed by atoms with Gasteiger partial charge in [0.05, 0.1) is 6.61 Å². The minimum atomic E-state index is 0.206. The third-order valence-electron chi connectivity index (χ3n) is 4.02. The van der Waals surface area contributed by atoms with Gasteiger partial charge in [-0.3, -0.25) is 4.79 Å². The summed E-state index contributed by atoms with van der Waals surface area (Å²) in [5, 5.41) is 0. The van der Waals surface area contributed by atoms with Gasteiger partial charge in [0.25, 0.3) is 0 Å². The van der Waals surface area contributed by atoms with Crippen LogP contribution in [-0.2, 0) is 19.4 Å². The van der Waals surface area contributed by atoms with Gasteiger partial charge in [-0.05, 0) is 50.7 Å². The van der Waals surface area contributed by atoms with Gasteiger partial charge in [0, 0.05) is 17.1 Å². The van der Waals surface area contributed by atoms with E-state index in [1.54, 1.807) is 0 Å². The fraction of sp³-hybridized carbons (Fsp3) is 0.471. The third kappa shape index (κ3) is 3.21. The van der Waals surface area contributed by atoms with Crippen molar-refractivity contribution in [3.8, 4) is 5.75 Å². The Balaban J connectivity index is 1.58. The lowest BCUT2D eigenvalue weighted by Crippen LogP contribution is -2.18. The van der Waals surface area contributed by atoms with Crippen molar-refractivity contribution in [1.29, 1.82) is 0 Å². The number of hydrogen-bond donors (Lipinski definition) is 0. The lowest BCUT2D eigenvalue weighted by atomic mass is 10.0. The second-order valence-electron chi connectivity index (χ2n) is 5.56. The maximum Gasteiger partial charge on any atom is 0.307 e. The van der Waals surface area contributed by atoms with Crippen molar-refractivity contribution in [2.24, 2.45) is 0 Å². The Hall–Kier alpha value is -1.55. The Bertz CT molecular complexity index is 672. The second-order valence-corrected chi connectivity index (χ2v) is 6.61. The number of rotatable bonds is 5. The number of fused-ring (bicyclic) bond motifs is 1. The van der Waals surface area contributed by atoms with E-state index in [4.69, 9.17) is 4.74 Å². The number of nitrogens with zero attached hydrogens (tertiary/aromatic N) is 1.